The minimum atomic E-state index is -0.693. The van der Waals surface area contributed by atoms with E-state index in [2.05, 4.69) is 34.2 Å². The van der Waals surface area contributed by atoms with Gasteiger partial charge >= 0.3 is 0 Å². The molecular weight excluding hydrogens is 250 g/mol. The van der Waals surface area contributed by atoms with Crippen LogP contribution in [0.3, 0.4) is 0 Å². The quantitative estimate of drug-likeness (QED) is 0.892. The molecule has 0 aliphatic carbocycles. The Morgan fingerprint density at radius 2 is 2.25 bits per heavy atom. The Labute approximate surface area is 119 Å². The van der Waals surface area contributed by atoms with Crippen LogP contribution in [0.2, 0.25) is 0 Å². The highest BCUT2D eigenvalue weighted by molar-refractivity contribution is 5.32. The van der Waals surface area contributed by atoms with Gasteiger partial charge in [0.05, 0.1) is 6.20 Å². The van der Waals surface area contributed by atoms with E-state index in [1.54, 1.807) is 0 Å². The third kappa shape index (κ3) is 2.62. The summed E-state index contributed by atoms with van der Waals surface area (Å²) in [6, 6.07) is 8.15. The van der Waals surface area contributed by atoms with E-state index in [1.165, 1.54) is 11.1 Å². The SMILES string of the molecule is Cc1ccccc1C1(O)CCN(CCc2cn[nH]c2)C1. The molecule has 0 saturated carbocycles. The summed E-state index contributed by atoms with van der Waals surface area (Å²) in [5, 5.41) is 17.7. The third-order valence-corrected chi connectivity index (χ3v) is 4.24. The van der Waals surface area contributed by atoms with Gasteiger partial charge in [0.1, 0.15) is 5.60 Å². The molecule has 1 aliphatic heterocycles. The molecule has 0 radical (unpaired) electrons. The van der Waals surface area contributed by atoms with Gasteiger partial charge < -0.3 is 5.11 Å². The molecule has 4 nitrogen and oxygen atoms in total. The summed E-state index contributed by atoms with van der Waals surface area (Å²) in [7, 11) is 0. The van der Waals surface area contributed by atoms with Crippen LogP contribution in [0.1, 0.15) is 23.1 Å². The summed E-state index contributed by atoms with van der Waals surface area (Å²) in [6.07, 6.45) is 5.58. The molecule has 1 aromatic carbocycles. The van der Waals surface area contributed by atoms with E-state index >= 15 is 0 Å². The molecule has 2 heterocycles. The molecule has 2 aromatic rings. The number of likely N-dealkylation sites (tertiary alicyclic amines) is 1. The second-order valence-corrected chi connectivity index (χ2v) is 5.73. The van der Waals surface area contributed by atoms with Crippen molar-refractivity contribution in [3.8, 4) is 0 Å². The summed E-state index contributed by atoms with van der Waals surface area (Å²) < 4.78 is 0. The van der Waals surface area contributed by atoms with Crippen LogP contribution in [-0.2, 0) is 12.0 Å². The number of aryl methyl sites for hydroxylation is 1. The zero-order chi connectivity index (χ0) is 14.0. The first-order valence-corrected chi connectivity index (χ1v) is 7.16. The topological polar surface area (TPSA) is 52.1 Å². The van der Waals surface area contributed by atoms with Gasteiger partial charge in [0.25, 0.3) is 0 Å². The molecule has 20 heavy (non-hydrogen) atoms. The number of aromatic amines is 1. The van der Waals surface area contributed by atoms with Crippen LogP contribution in [-0.4, -0.2) is 39.8 Å². The Morgan fingerprint density at radius 3 is 3.00 bits per heavy atom. The highest BCUT2D eigenvalue weighted by Crippen LogP contribution is 2.33. The second kappa shape index (κ2) is 5.38. The Bertz CT molecular complexity index is 567. The van der Waals surface area contributed by atoms with Crippen LogP contribution in [0, 0.1) is 6.92 Å². The monoisotopic (exact) mass is 271 g/mol. The van der Waals surface area contributed by atoms with Gasteiger partial charge in [-0.15, -0.1) is 0 Å². The van der Waals surface area contributed by atoms with Crippen LogP contribution in [0.15, 0.2) is 36.7 Å². The Kier molecular flexibility index (Phi) is 3.59. The van der Waals surface area contributed by atoms with Gasteiger partial charge in [-0.05, 0) is 36.5 Å². The highest BCUT2D eigenvalue weighted by Gasteiger charge is 2.38. The fraction of sp³-hybridized carbons (Fsp3) is 0.438. The number of aliphatic hydroxyl groups is 1. The van der Waals surface area contributed by atoms with Crippen LogP contribution in [0.5, 0.6) is 0 Å². The molecule has 1 aromatic heterocycles. The van der Waals surface area contributed by atoms with E-state index in [9.17, 15) is 5.11 Å². The smallest absolute Gasteiger partial charge is 0.104 e. The van der Waals surface area contributed by atoms with Gasteiger partial charge in [0.15, 0.2) is 0 Å². The van der Waals surface area contributed by atoms with Gasteiger partial charge in [-0.1, -0.05) is 24.3 Å². The molecular formula is C16H21N3O. The molecule has 3 rings (SSSR count). The highest BCUT2D eigenvalue weighted by atomic mass is 16.3. The van der Waals surface area contributed by atoms with Crippen molar-refractivity contribution in [2.75, 3.05) is 19.6 Å². The van der Waals surface area contributed by atoms with E-state index in [1.807, 2.05) is 24.5 Å². The number of H-pyrrole nitrogens is 1. The summed E-state index contributed by atoms with van der Waals surface area (Å²) in [6.45, 7) is 4.70. The number of nitrogens with one attached hydrogen (secondary N) is 1. The molecule has 1 saturated heterocycles. The fourth-order valence-corrected chi connectivity index (χ4v) is 3.08. The maximum atomic E-state index is 10.9. The number of hydrogen-bond donors (Lipinski definition) is 2. The lowest BCUT2D eigenvalue weighted by Crippen LogP contribution is -2.32. The predicted octanol–water partition coefficient (Wildman–Crippen LogP) is 1.85. The number of hydrogen-bond acceptors (Lipinski definition) is 3. The minimum absolute atomic E-state index is 0.693. The van der Waals surface area contributed by atoms with Gasteiger partial charge in [0, 0.05) is 25.8 Å². The van der Waals surface area contributed by atoms with E-state index < -0.39 is 5.60 Å². The normalized spacial score (nSPS) is 23.3. The van der Waals surface area contributed by atoms with Crippen molar-refractivity contribution >= 4 is 0 Å². The minimum Gasteiger partial charge on any atom is -0.384 e. The van der Waals surface area contributed by atoms with Crippen molar-refractivity contribution < 1.29 is 5.11 Å². The molecule has 0 bridgehead atoms. The molecule has 2 N–H and O–H groups in total. The van der Waals surface area contributed by atoms with Gasteiger partial charge in [-0.2, -0.15) is 5.10 Å². The predicted molar refractivity (Wildman–Crippen MR) is 78.4 cm³/mol. The van der Waals surface area contributed by atoms with Crippen molar-refractivity contribution in [2.45, 2.75) is 25.4 Å². The lowest BCUT2D eigenvalue weighted by Gasteiger charge is -2.25. The fourth-order valence-electron chi connectivity index (χ4n) is 3.08. The number of aromatic nitrogens is 2. The number of benzene rings is 1. The van der Waals surface area contributed by atoms with Crippen molar-refractivity contribution in [2.24, 2.45) is 0 Å². The van der Waals surface area contributed by atoms with Crippen molar-refractivity contribution in [1.82, 2.24) is 15.1 Å². The summed E-state index contributed by atoms with van der Waals surface area (Å²) >= 11 is 0. The zero-order valence-corrected chi connectivity index (χ0v) is 11.8. The lowest BCUT2D eigenvalue weighted by molar-refractivity contribution is 0.0457. The van der Waals surface area contributed by atoms with E-state index in [0.717, 1.165) is 38.0 Å². The molecule has 0 amide bonds. The third-order valence-electron chi connectivity index (χ3n) is 4.24. The number of β-amino-alcohol motifs (C(OH)–C–C–N with tert-alkyl or cyclic N) is 1. The molecule has 106 valence electrons. The zero-order valence-electron chi connectivity index (χ0n) is 11.8. The van der Waals surface area contributed by atoms with Crippen molar-refractivity contribution in [3.05, 3.63) is 53.3 Å². The summed E-state index contributed by atoms with van der Waals surface area (Å²) in [5.74, 6) is 0. The Balaban J connectivity index is 1.65. The first kappa shape index (κ1) is 13.3. The van der Waals surface area contributed by atoms with Crippen LogP contribution < -0.4 is 0 Å². The second-order valence-electron chi connectivity index (χ2n) is 5.73. The van der Waals surface area contributed by atoms with E-state index in [4.69, 9.17) is 0 Å². The Hall–Kier alpha value is -1.65. The first-order chi connectivity index (χ1) is 9.67. The van der Waals surface area contributed by atoms with Gasteiger partial charge in [-0.25, -0.2) is 0 Å². The molecule has 1 fully saturated rings. The molecule has 1 aliphatic rings. The molecule has 0 spiro atoms. The largest absolute Gasteiger partial charge is 0.384 e. The first-order valence-electron chi connectivity index (χ1n) is 7.16. The Morgan fingerprint density at radius 1 is 1.40 bits per heavy atom. The standard InChI is InChI=1S/C16H21N3O/c1-13-4-2-3-5-15(13)16(20)7-9-19(12-16)8-6-14-10-17-18-11-14/h2-5,10-11,20H,6-9,12H2,1H3,(H,17,18). The maximum Gasteiger partial charge on any atom is 0.104 e. The van der Waals surface area contributed by atoms with Crippen LogP contribution >= 0.6 is 0 Å². The van der Waals surface area contributed by atoms with E-state index in [-0.39, 0.29) is 0 Å². The number of rotatable bonds is 4. The summed E-state index contributed by atoms with van der Waals surface area (Å²) in [5.41, 5.74) is 2.77. The van der Waals surface area contributed by atoms with E-state index in [0.29, 0.717) is 0 Å². The van der Waals surface area contributed by atoms with Gasteiger partial charge in [-0.3, -0.25) is 10.00 Å². The summed E-state index contributed by atoms with van der Waals surface area (Å²) in [4.78, 5) is 2.33. The van der Waals surface area contributed by atoms with Crippen molar-refractivity contribution in [1.29, 1.82) is 0 Å². The average molecular weight is 271 g/mol. The van der Waals surface area contributed by atoms with Crippen LogP contribution in [0.4, 0.5) is 0 Å². The molecule has 4 heteroatoms. The van der Waals surface area contributed by atoms with Gasteiger partial charge in [0.2, 0.25) is 0 Å². The molecule has 1 atom stereocenters. The maximum absolute atomic E-state index is 10.9. The lowest BCUT2D eigenvalue weighted by atomic mass is 9.89. The van der Waals surface area contributed by atoms with Crippen LogP contribution in [0.25, 0.3) is 0 Å². The number of nitrogens with zero attached hydrogens (tertiary/aromatic N) is 2. The van der Waals surface area contributed by atoms with Crippen molar-refractivity contribution in [3.63, 3.8) is 0 Å². The molecule has 1 unspecified atom stereocenters. The average Bonchev–Trinajstić information content (AvgIpc) is 3.07.